The van der Waals surface area contributed by atoms with E-state index in [1.165, 1.54) is 0 Å². The van der Waals surface area contributed by atoms with Crippen molar-refractivity contribution in [2.24, 2.45) is 0 Å². The zero-order valence-corrected chi connectivity index (χ0v) is 11.8. The zero-order valence-electron chi connectivity index (χ0n) is 10.2. The van der Waals surface area contributed by atoms with Crippen molar-refractivity contribution in [1.82, 2.24) is 0 Å². The Morgan fingerprint density at radius 3 is 2.76 bits per heavy atom. The first kappa shape index (κ1) is 14.0. The molecule has 1 aromatic carbocycles. The monoisotopic (exact) mass is 296 g/mol. The fraction of sp³-hybridized carbons (Fsp3) is 0.357. The number of carboxylic acids is 1. The van der Waals surface area contributed by atoms with Crippen LogP contribution in [0.25, 0.3) is 5.57 Å². The summed E-state index contributed by atoms with van der Waals surface area (Å²) in [4.78, 5) is 10.6. The molecule has 0 aliphatic carbocycles. The Bertz CT molecular complexity index is 436. The van der Waals surface area contributed by atoms with Crippen LogP contribution in [-0.4, -0.2) is 11.1 Å². The van der Waals surface area contributed by atoms with Gasteiger partial charge in [0, 0.05) is 4.47 Å². The average Bonchev–Trinajstić information content (AvgIpc) is 2.28. The molecule has 1 aromatic rings. The maximum Gasteiger partial charge on any atom is 0.307 e. The van der Waals surface area contributed by atoms with Crippen LogP contribution in [0.5, 0.6) is 0 Å². The lowest BCUT2D eigenvalue weighted by Gasteiger charge is -2.11. The van der Waals surface area contributed by atoms with Gasteiger partial charge >= 0.3 is 5.97 Å². The SMILES string of the molecule is CCC/C(=C\CC(=O)O)c1cccc(Br)c1C. The predicted octanol–water partition coefficient (Wildman–Crippen LogP) is 4.42. The number of carboxylic acid groups (broad SMARTS) is 1. The van der Waals surface area contributed by atoms with Gasteiger partial charge in [-0.05, 0) is 36.1 Å². The fourth-order valence-corrected chi connectivity index (χ4v) is 2.15. The molecule has 0 aromatic heterocycles. The van der Waals surface area contributed by atoms with Crippen LogP contribution in [0.1, 0.15) is 37.3 Å². The standard InChI is InChI=1S/C14H17BrO2/c1-3-5-11(8-9-14(16)17)12-6-4-7-13(15)10(12)2/h4,6-8H,3,5,9H2,1-2H3,(H,16,17)/b11-8+. The van der Waals surface area contributed by atoms with E-state index in [0.717, 1.165) is 34.0 Å². The Morgan fingerprint density at radius 1 is 1.47 bits per heavy atom. The summed E-state index contributed by atoms with van der Waals surface area (Å²) in [6.45, 7) is 4.14. The van der Waals surface area contributed by atoms with E-state index in [-0.39, 0.29) is 6.42 Å². The molecule has 0 heterocycles. The van der Waals surface area contributed by atoms with Crippen LogP contribution in [-0.2, 0) is 4.79 Å². The Kier molecular flexibility index (Phi) is 5.42. The molecule has 0 spiro atoms. The molecule has 0 aliphatic rings. The lowest BCUT2D eigenvalue weighted by molar-refractivity contribution is -0.135. The Balaban J connectivity index is 3.09. The van der Waals surface area contributed by atoms with Crippen molar-refractivity contribution in [3.05, 3.63) is 39.9 Å². The van der Waals surface area contributed by atoms with Crippen LogP contribution in [0.2, 0.25) is 0 Å². The normalized spacial score (nSPS) is 11.6. The van der Waals surface area contributed by atoms with Gasteiger partial charge in [-0.3, -0.25) is 4.79 Å². The molecule has 0 fully saturated rings. The number of halogens is 1. The van der Waals surface area contributed by atoms with Crippen molar-refractivity contribution >= 4 is 27.5 Å². The number of rotatable bonds is 5. The Labute approximate surface area is 110 Å². The maximum atomic E-state index is 10.6. The maximum absolute atomic E-state index is 10.6. The van der Waals surface area contributed by atoms with Crippen molar-refractivity contribution in [3.8, 4) is 0 Å². The van der Waals surface area contributed by atoms with Gasteiger partial charge in [0.05, 0.1) is 6.42 Å². The van der Waals surface area contributed by atoms with Gasteiger partial charge in [0.15, 0.2) is 0 Å². The quantitative estimate of drug-likeness (QED) is 0.873. The van der Waals surface area contributed by atoms with Gasteiger partial charge in [-0.25, -0.2) is 0 Å². The molecule has 3 heteroatoms. The summed E-state index contributed by atoms with van der Waals surface area (Å²) >= 11 is 3.50. The highest BCUT2D eigenvalue weighted by Gasteiger charge is 2.07. The van der Waals surface area contributed by atoms with Crippen molar-refractivity contribution in [1.29, 1.82) is 0 Å². The van der Waals surface area contributed by atoms with Crippen LogP contribution in [0.3, 0.4) is 0 Å². The second kappa shape index (κ2) is 6.60. The number of hydrogen-bond donors (Lipinski definition) is 1. The van der Waals surface area contributed by atoms with Gasteiger partial charge in [-0.15, -0.1) is 0 Å². The Hall–Kier alpha value is -1.09. The minimum Gasteiger partial charge on any atom is -0.481 e. The summed E-state index contributed by atoms with van der Waals surface area (Å²) in [7, 11) is 0. The molecule has 0 unspecified atom stereocenters. The number of aliphatic carboxylic acids is 1. The molecule has 1 rings (SSSR count). The summed E-state index contributed by atoms with van der Waals surface area (Å²) in [5.41, 5.74) is 3.42. The van der Waals surface area contributed by atoms with Crippen molar-refractivity contribution in [2.75, 3.05) is 0 Å². The van der Waals surface area contributed by atoms with E-state index in [1.807, 2.05) is 31.2 Å². The highest BCUT2D eigenvalue weighted by atomic mass is 79.9. The molecule has 1 N–H and O–H groups in total. The Morgan fingerprint density at radius 2 is 2.18 bits per heavy atom. The molecule has 0 radical (unpaired) electrons. The van der Waals surface area contributed by atoms with Crippen LogP contribution in [0, 0.1) is 6.92 Å². The molecular formula is C14H17BrO2. The molecule has 0 saturated heterocycles. The fourth-order valence-electron chi connectivity index (χ4n) is 1.78. The van der Waals surface area contributed by atoms with Crippen molar-refractivity contribution in [3.63, 3.8) is 0 Å². The van der Waals surface area contributed by atoms with E-state index in [4.69, 9.17) is 5.11 Å². The third-order valence-electron chi connectivity index (χ3n) is 2.66. The minimum atomic E-state index is -0.786. The van der Waals surface area contributed by atoms with Gasteiger partial charge in [-0.1, -0.05) is 47.5 Å². The second-order valence-corrected chi connectivity index (χ2v) is 4.84. The van der Waals surface area contributed by atoms with Crippen molar-refractivity contribution in [2.45, 2.75) is 33.1 Å². The van der Waals surface area contributed by atoms with E-state index >= 15 is 0 Å². The topological polar surface area (TPSA) is 37.3 Å². The van der Waals surface area contributed by atoms with E-state index in [9.17, 15) is 4.79 Å². The number of allylic oxidation sites excluding steroid dienone is 1. The first-order chi connectivity index (χ1) is 8.06. The molecule has 2 nitrogen and oxygen atoms in total. The van der Waals surface area contributed by atoms with E-state index in [1.54, 1.807) is 0 Å². The predicted molar refractivity (Wildman–Crippen MR) is 74.0 cm³/mol. The summed E-state index contributed by atoms with van der Waals surface area (Å²) < 4.78 is 1.06. The first-order valence-electron chi connectivity index (χ1n) is 5.72. The number of hydrogen-bond acceptors (Lipinski definition) is 1. The van der Waals surface area contributed by atoms with E-state index in [2.05, 4.69) is 22.9 Å². The molecular weight excluding hydrogens is 280 g/mol. The molecule has 0 amide bonds. The summed E-state index contributed by atoms with van der Waals surface area (Å²) in [6, 6.07) is 6.03. The lowest BCUT2D eigenvalue weighted by Crippen LogP contribution is -1.95. The summed E-state index contributed by atoms with van der Waals surface area (Å²) in [5.74, 6) is -0.786. The summed E-state index contributed by atoms with van der Waals surface area (Å²) in [5, 5.41) is 8.75. The second-order valence-electron chi connectivity index (χ2n) is 3.99. The molecule has 17 heavy (non-hydrogen) atoms. The highest BCUT2D eigenvalue weighted by Crippen LogP contribution is 2.28. The minimum absolute atomic E-state index is 0.0846. The van der Waals surface area contributed by atoms with Crippen LogP contribution < -0.4 is 0 Å². The summed E-state index contributed by atoms with van der Waals surface area (Å²) in [6.07, 6.45) is 3.82. The van der Waals surface area contributed by atoms with Crippen LogP contribution in [0.15, 0.2) is 28.7 Å². The van der Waals surface area contributed by atoms with Gasteiger partial charge in [0.25, 0.3) is 0 Å². The smallest absolute Gasteiger partial charge is 0.307 e. The van der Waals surface area contributed by atoms with Gasteiger partial charge in [0.1, 0.15) is 0 Å². The number of carbonyl (C=O) groups is 1. The molecule has 0 aliphatic heterocycles. The number of benzene rings is 1. The van der Waals surface area contributed by atoms with Crippen molar-refractivity contribution < 1.29 is 9.90 Å². The first-order valence-corrected chi connectivity index (χ1v) is 6.51. The van der Waals surface area contributed by atoms with Crippen LogP contribution in [0.4, 0.5) is 0 Å². The lowest BCUT2D eigenvalue weighted by atomic mass is 9.96. The van der Waals surface area contributed by atoms with Gasteiger partial charge in [-0.2, -0.15) is 0 Å². The third-order valence-corrected chi connectivity index (χ3v) is 3.52. The molecule has 0 bridgehead atoms. The molecule has 0 atom stereocenters. The van der Waals surface area contributed by atoms with Crippen LogP contribution >= 0.6 is 15.9 Å². The third kappa shape index (κ3) is 4.00. The van der Waals surface area contributed by atoms with E-state index < -0.39 is 5.97 Å². The van der Waals surface area contributed by atoms with Gasteiger partial charge < -0.3 is 5.11 Å². The average molecular weight is 297 g/mol. The van der Waals surface area contributed by atoms with Gasteiger partial charge in [0.2, 0.25) is 0 Å². The largest absolute Gasteiger partial charge is 0.481 e. The molecule has 92 valence electrons. The molecule has 0 saturated carbocycles. The van der Waals surface area contributed by atoms with E-state index in [0.29, 0.717) is 0 Å². The zero-order chi connectivity index (χ0) is 12.8. The highest BCUT2D eigenvalue weighted by molar-refractivity contribution is 9.10.